The highest BCUT2D eigenvalue weighted by Crippen LogP contribution is 2.29. The molecule has 0 aromatic heterocycles. The fourth-order valence-corrected chi connectivity index (χ4v) is 3.09. The smallest absolute Gasteiger partial charge is 0.0730 e. The van der Waals surface area contributed by atoms with Crippen molar-refractivity contribution in [2.75, 3.05) is 26.2 Å². The van der Waals surface area contributed by atoms with Crippen LogP contribution in [0.1, 0.15) is 39.5 Å². The second-order valence-corrected chi connectivity index (χ2v) is 5.19. The topological polar surface area (TPSA) is 24.5 Å². The first-order valence-electron chi connectivity index (χ1n) is 6.90. The molecule has 0 radical (unpaired) electrons. The number of hydrogen-bond donors (Lipinski definition) is 1. The van der Waals surface area contributed by atoms with E-state index < -0.39 is 0 Å². The lowest BCUT2D eigenvalue weighted by Gasteiger charge is -2.38. The maximum Gasteiger partial charge on any atom is 0.0730 e. The molecule has 0 aromatic rings. The van der Waals surface area contributed by atoms with Crippen LogP contribution in [0.2, 0.25) is 0 Å². The van der Waals surface area contributed by atoms with E-state index in [1.807, 2.05) is 0 Å². The van der Waals surface area contributed by atoms with Crippen LogP contribution in [0.4, 0.5) is 0 Å². The van der Waals surface area contributed by atoms with Crippen molar-refractivity contribution in [1.82, 2.24) is 10.2 Å². The summed E-state index contributed by atoms with van der Waals surface area (Å²) in [7, 11) is 0. The molecule has 3 heteroatoms. The average Bonchev–Trinajstić information content (AvgIpc) is 2.75. The van der Waals surface area contributed by atoms with Crippen molar-refractivity contribution in [3.8, 4) is 0 Å². The van der Waals surface area contributed by atoms with E-state index in [-0.39, 0.29) is 0 Å². The van der Waals surface area contributed by atoms with Crippen LogP contribution in [0.15, 0.2) is 0 Å². The van der Waals surface area contributed by atoms with Crippen LogP contribution < -0.4 is 5.32 Å². The normalized spacial score (nSPS) is 32.6. The second-order valence-electron chi connectivity index (χ2n) is 5.19. The van der Waals surface area contributed by atoms with Gasteiger partial charge in [0.25, 0.3) is 0 Å². The third-order valence-electron chi connectivity index (χ3n) is 4.00. The summed E-state index contributed by atoms with van der Waals surface area (Å²) in [6.45, 7) is 8.86. The highest BCUT2D eigenvalue weighted by molar-refractivity contribution is 4.89. The molecule has 2 rings (SSSR count). The predicted molar refractivity (Wildman–Crippen MR) is 66.7 cm³/mol. The minimum atomic E-state index is 0.545. The van der Waals surface area contributed by atoms with Crippen LogP contribution in [0.5, 0.6) is 0 Å². The fourth-order valence-electron chi connectivity index (χ4n) is 3.09. The van der Waals surface area contributed by atoms with Crippen molar-refractivity contribution in [2.24, 2.45) is 0 Å². The Bertz CT molecular complexity index is 210. The lowest BCUT2D eigenvalue weighted by molar-refractivity contribution is -0.0562. The van der Waals surface area contributed by atoms with Gasteiger partial charge < -0.3 is 10.1 Å². The maximum atomic E-state index is 5.83. The molecular weight excluding hydrogens is 200 g/mol. The first-order chi connectivity index (χ1) is 7.81. The summed E-state index contributed by atoms with van der Waals surface area (Å²) in [6.07, 6.45) is 5.79. The zero-order chi connectivity index (χ0) is 11.4. The Morgan fingerprint density at radius 1 is 1.44 bits per heavy atom. The standard InChI is InChI=1S/C13H26N2O/c1-3-14-11(2)7-8-15-9-10-16-13-6-4-5-12(13)15/h11-14H,3-10H2,1-2H3. The zero-order valence-corrected chi connectivity index (χ0v) is 10.7. The monoisotopic (exact) mass is 226 g/mol. The molecule has 3 atom stereocenters. The molecule has 1 N–H and O–H groups in total. The van der Waals surface area contributed by atoms with Gasteiger partial charge in [-0.25, -0.2) is 0 Å². The van der Waals surface area contributed by atoms with Crippen LogP contribution in [0, 0.1) is 0 Å². The number of hydrogen-bond acceptors (Lipinski definition) is 3. The molecule has 3 unspecified atom stereocenters. The van der Waals surface area contributed by atoms with Gasteiger partial charge in [-0.05, 0) is 39.2 Å². The lowest BCUT2D eigenvalue weighted by Crippen LogP contribution is -2.49. The van der Waals surface area contributed by atoms with Crippen molar-refractivity contribution in [3.05, 3.63) is 0 Å². The van der Waals surface area contributed by atoms with Crippen molar-refractivity contribution in [1.29, 1.82) is 0 Å². The van der Waals surface area contributed by atoms with Gasteiger partial charge in [-0.2, -0.15) is 0 Å². The molecule has 0 spiro atoms. The van der Waals surface area contributed by atoms with Crippen molar-refractivity contribution in [3.63, 3.8) is 0 Å². The van der Waals surface area contributed by atoms with E-state index in [0.29, 0.717) is 12.1 Å². The Labute approximate surface area is 99.5 Å². The third-order valence-corrected chi connectivity index (χ3v) is 4.00. The molecule has 2 fully saturated rings. The van der Waals surface area contributed by atoms with Gasteiger partial charge in [0.05, 0.1) is 12.7 Å². The van der Waals surface area contributed by atoms with Gasteiger partial charge >= 0.3 is 0 Å². The van der Waals surface area contributed by atoms with E-state index in [1.54, 1.807) is 0 Å². The summed E-state index contributed by atoms with van der Waals surface area (Å²) < 4.78 is 5.83. The lowest BCUT2D eigenvalue weighted by atomic mass is 10.1. The summed E-state index contributed by atoms with van der Waals surface area (Å²) in [6, 6.07) is 1.37. The van der Waals surface area contributed by atoms with E-state index in [0.717, 1.165) is 25.7 Å². The summed E-state index contributed by atoms with van der Waals surface area (Å²) >= 11 is 0. The quantitative estimate of drug-likeness (QED) is 0.771. The van der Waals surface area contributed by atoms with Crippen LogP contribution in [-0.4, -0.2) is 49.3 Å². The van der Waals surface area contributed by atoms with Gasteiger partial charge in [0, 0.05) is 25.2 Å². The second kappa shape index (κ2) is 5.99. The van der Waals surface area contributed by atoms with Gasteiger partial charge in [0.1, 0.15) is 0 Å². The van der Waals surface area contributed by atoms with Crippen LogP contribution in [0.3, 0.4) is 0 Å². The summed E-state index contributed by atoms with van der Waals surface area (Å²) in [4.78, 5) is 2.66. The number of nitrogens with zero attached hydrogens (tertiary/aromatic N) is 1. The average molecular weight is 226 g/mol. The van der Waals surface area contributed by atoms with E-state index in [9.17, 15) is 0 Å². The highest BCUT2D eigenvalue weighted by Gasteiger charge is 2.35. The molecular formula is C13H26N2O. The summed E-state index contributed by atoms with van der Waals surface area (Å²) in [5.74, 6) is 0. The Morgan fingerprint density at radius 2 is 2.31 bits per heavy atom. The molecule has 1 heterocycles. The first-order valence-corrected chi connectivity index (χ1v) is 6.90. The minimum Gasteiger partial charge on any atom is -0.375 e. The number of rotatable bonds is 5. The molecule has 1 saturated heterocycles. The summed E-state index contributed by atoms with van der Waals surface area (Å²) in [5.41, 5.74) is 0. The van der Waals surface area contributed by atoms with Crippen LogP contribution >= 0.6 is 0 Å². The van der Waals surface area contributed by atoms with Gasteiger partial charge in [-0.15, -0.1) is 0 Å². The highest BCUT2D eigenvalue weighted by atomic mass is 16.5. The largest absolute Gasteiger partial charge is 0.375 e. The number of morpholine rings is 1. The van der Waals surface area contributed by atoms with Gasteiger partial charge in [0.2, 0.25) is 0 Å². The number of ether oxygens (including phenoxy) is 1. The van der Waals surface area contributed by atoms with Crippen LogP contribution in [0.25, 0.3) is 0 Å². The van der Waals surface area contributed by atoms with Crippen LogP contribution in [-0.2, 0) is 4.74 Å². The van der Waals surface area contributed by atoms with Gasteiger partial charge in [-0.3, -0.25) is 4.90 Å². The van der Waals surface area contributed by atoms with Gasteiger partial charge in [-0.1, -0.05) is 6.92 Å². The number of fused-ring (bicyclic) bond motifs is 1. The third kappa shape index (κ3) is 2.96. The Balaban J connectivity index is 1.75. The molecule has 94 valence electrons. The minimum absolute atomic E-state index is 0.545. The van der Waals surface area contributed by atoms with E-state index in [2.05, 4.69) is 24.1 Å². The molecule has 1 saturated carbocycles. The molecule has 0 amide bonds. The van der Waals surface area contributed by atoms with E-state index >= 15 is 0 Å². The van der Waals surface area contributed by atoms with Crippen molar-refractivity contribution in [2.45, 2.75) is 57.7 Å². The molecule has 1 aliphatic heterocycles. The predicted octanol–water partition coefficient (Wildman–Crippen LogP) is 1.63. The van der Waals surface area contributed by atoms with Crippen molar-refractivity contribution < 1.29 is 4.74 Å². The molecule has 0 bridgehead atoms. The summed E-state index contributed by atoms with van der Waals surface area (Å²) in [5, 5.41) is 3.49. The van der Waals surface area contributed by atoms with Gasteiger partial charge in [0.15, 0.2) is 0 Å². The maximum absolute atomic E-state index is 5.83. The molecule has 1 aliphatic carbocycles. The first kappa shape index (κ1) is 12.3. The molecule has 3 nitrogen and oxygen atoms in total. The molecule has 0 aromatic carbocycles. The van der Waals surface area contributed by atoms with E-state index in [4.69, 9.17) is 4.74 Å². The Hall–Kier alpha value is -0.120. The fraction of sp³-hybridized carbons (Fsp3) is 1.00. The molecule has 2 aliphatic rings. The van der Waals surface area contributed by atoms with E-state index in [1.165, 1.54) is 32.2 Å². The van der Waals surface area contributed by atoms with Crippen molar-refractivity contribution >= 4 is 0 Å². The number of nitrogens with one attached hydrogen (secondary N) is 1. The molecule has 16 heavy (non-hydrogen) atoms. The Morgan fingerprint density at radius 3 is 3.12 bits per heavy atom. The zero-order valence-electron chi connectivity index (χ0n) is 10.7. The SMILES string of the molecule is CCNC(C)CCN1CCOC2CCCC21. The Kier molecular flexibility index (Phi) is 4.62.